The lowest BCUT2D eigenvalue weighted by molar-refractivity contribution is -0.135. The Morgan fingerprint density at radius 3 is 2.88 bits per heavy atom. The molecule has 17 heavy (non-hydrogen) atoms. The highest BCUT2D eigenvalue weighted by Gasteiger charge is 2.09. The van der Waals surface area contributed by atoms with Crippen molar-refractivity contribution in [3.8, 4) is 0 Å². The topological polar surface area (TPSA) is 53.4 Å². The van der Waals surface area contributed by atoms with Crippen molar-refractivity contribution in [2.45, 2.75) is 6.92 Å². The average molecular weight is 230 g/mol. The zero-order chi connectivity index (χ0) is 12.4. The smallest absolute Gasteiger partial charge is 0.323 e. The van der Waals surface area contributed by atoms with Crippen molar-refractivity contribution >= 4 is 22.6 Å². The van der Waals surface area contributed by atoms with Crippen LogP contribution in [0.15, 0.2) is 30.5 Å². The number of fused-ring (bicyclic) bond motifs is 1. The number of carboxylic acid groups (broad SMARTS) is 1. The molecule has 0 spiro atoms. The molecule has 1 heterocycles. The molecule has 0 saturated carbocycles. The number of rotatable bonds is 3. The third-order valence-electron chi connectivity index (χ3n) is 2.66. The predicted molar refractivity (Wildman–Crippen MR) is 67.4 cm³/mol. The fourth-order valence-corrected chi connectivity index (χ4v) is 1.87. The van der Waals surface area contributed by atoms with Crippen LogP contribution in [-0.4, -0.2) is 29.7 Å². The van der Waals surface area contributed by atoms with E-state index in [1.807, 2.05) is 31.2 Å². The summed E-state index contributed by atoms with van der Waals surface area (Å²) >= 11 is 0. The van der Waals surface area contributed by atoms with Crippen molar-refractivity contribution in [2.24, 2.45) is 0 Å². The Morgan fingerprint density at radius 1 is 1.41 bits per heavy atom. The lowest BCUT2D eigenvalue weighted by atomic mass is 10.1. The third kappa shape index (κ3) is 2.36. The number of aromatic nitrogens is 1. The molecule has 0 aliphatic carbocycles. The first-order chi connectivity index (χ1) is 8.08. The predicted octanol–water partition coefficient (Wildman–Crippen LogP) is 2.06. The molecule has 4 heteroatoms. The first-order valence-electron chi connectivity index (χ1n) is 5.36. The highest BCUT2D eigenvalue weighted by molar-refractivity contribution is 5.93. The zero-order valence-corrected chi connectivity index (χ0v) is 9.84. The van der Waals surface area contributed by atoms with Gasteiger partial charge >= 0.3 is 5.97 Å². The highest BCUT2D eigenvalue weighted by atomic mass is 16.4. The van der Waals surface area contributed by atoms with Crippen LogP contribution in [0.1, 0.15) is 5.56 Å². The molecular weight excluding hydrogens is 216 g/mol. The molecule has 0 atom stereocenters. The molecule has 88 valence electrons. The van der Waals surface area contributed by atoms with Gasteiger partial charge in [-0.3, -0.25) is 9.78 Å². The van der Waals surface area contributed by atoms with Gasteiger partial charge in [0.1, 0.15) is 6.54 Å². The van der Waals surface area contributed by atoms with Gasteiger partial charge in [0, 0.05) is 24.3 Å². The van der Waals surface area contributed by atoms with Crippen molar-refractivity contribution in [2.75, 3.05) is 18.5 Å². The van der Waals surface area contributed by atoms with Crippen molar-refractivity contribution in [3.63, 3.8) is 0 Å². The van der Waals surface area contributed by atoms with Crippen LogP contribution in [0.5, 0.6) is 0 Å². The summed E-state index contributed by atoms with van der Waals surface area (Å²) in [6.45, 7) is 1.99. The van der Waals surface area contributed by atoms with Crippen LogP contribution in [0, 0.1) is 6.92 Å². The summed E-state index contributed by atoms with van der Waals surface area (Å²) in [5.41, 5.74) is 2.90. The van der Waals surface area contributed by atoms with Crippen LogP contribution in [0.4, 0.5) is 5.69 Å². The number of benzene rings is 1. The molecule has 0 fully saturated rings. The quantitative estimate of drug-likeness (QED) is 0.877. The average Bonchev–Trinajstić information content (AvgIpc) is 2.27. The van der Waals surface area contributed by atoms with E-state index >= 15 is 0 Å². The lowest BCUT2D eigenvalue weighted by Gasteiger charge is -2.18. The Balaban J connectivity index is 2.52. The first kappa shape index (κ1) is 11.4. The van der Waals surface area contributed by atoms with Crippen LogP contribution in [0.3, 0.4) is 0 Å². The Labute approximate surface area is 99.5 Å². The van der Waals surface area contributed by atoms with E-state index in [1.165, 1.54) is 0 Å². The molecular formula is C13H14N2O2. The third-order valence-corrected chi connectivity index (χ3v) is 2.66. The number of likely N-dealkylation sites (N-methyl/N-ethyl adjacent to an activating group) is 1. The molecule has 4 nitrogen and oxygen atoms in total. The molecule has 0 amide bonds. The van der Waals surface area contributed by atoms with E-state index < -0.39 is 5.97 Å². The summed E-state index contributed by atoms with van der Waals surface area (Å²) in [6, 6.07) is 7.81. The number of hydrogen-bond donors (Lipinski definition) is 1. The Morgan fingerprint density at radius 2 is 2.18 bits per heavy atom. The van der Waals surface area contributed by atoms with E-state index in [2.05, 4.69) is 4.98 Å². The van der Waals surface area contributed by atoms with E-state index in [1.54, 1.807) is 18.1 Å². The van der Waals surface area contributed by atoms with E-state index in [9.17, 15) is 4.79 Å². The van der Waals surface area contributed by atoms with E-state index in [4.69, 9.17) is 5.11 Å². The number of aliphatic carboxylic acids is 1. The molecule has 1 N–H and O–H groups in total. The van der Waals surface area contributed by atoms with Crippen LogP contribution in [0.2, 0.25) is 0 Å². The summed E-state index contributed by atoms with van der Waals surface area (Å²) in [7, 11) is 1.77. The molecule has 0 unspecified atom stereocenters. The number of aryl methyl sites for hydroxylation is 1. The van der Waals surface area contributed by atoms with E-state index in [-0.39, 0.29) is 6.54 Å². The van der Waals surface area contributed by atoms with Crippen LogP contribution < -0.4 is 4.90 Å². The van der Waals surface area contributed by atoms with Gasteiger partial charge in [-0.1, -0.05) is 11.6 Å². The Hall–Kier alpha value is -2.10. The number of nitrogens with zero attached hydrogens (tertiary/aromatic N) is 2. The second kappa shape index (κ2) is 4.41. The number of hydrogen-bond acceptors (Lipinski definition) is 3. The molecule has 0 aliphatic rings. The highest BCUT2D eigenvalue weighted by Crippen LogP contribution is 2.25. The van der Waals surface area contributed by atoms with Crippen molar-refractivity contribution in [1.29, 1.82) is 0 Å². The second-order valence-electron chi connectivity index (χ2n) is 4.10. The van der Waals surface area contributed by atoms with Gasteiger partial charge in [-0.2, -0.15) is 0 Å². The molecule has 1 aromatic heterocycles. The number of carbonyl (C=O) groups is 1. The summed E-state index contributed by atoms with van der Waals surface area (Å²) in [5, 5.41) is 9.80. The standard InChI is InChI=1S/C13H14N2O2/c1-9-3-4-11-10(7-9)12(5-6-14-11)15(2)8-13(16)17/h3-7H,8H2,1-2H3,(H,16,17). The SMILES string of the molecule is Cc1ccc2nccc(N(C)CC(=O)O)c2c1. The molecule has 0 bridgehead atoms. The number of pyridine rings is 1. The first-order valence-corrected chi connectivity index (χ1v) is 5.36. The van der Waals surface area contributed by atoms with Gasteiger partial charge in [0.2, 0.25) is 0 Å². The minimum absolute atomic E-state index is 0.0208. The Kier molecular flexibility index (Phi) is 2.95. The Bertz CT molecular complexity index is 566. The van der Waals surface area contributed by atoms with Gasteiger partial charge in [0.05, 0.1) is 5.52 Å². The fourth-order valence-electron chi connectivity index (χ4n) is 1.87. The summed E-state index contributed by atoms with van der Waals surface area (Å²) in [5.74, 6) is -0.842. The summed E-state index contributed by atoms with van der Waals surface area (Å²) < 4.78 is 0. The molecule has 0 aliphatic heterocycles. The normalized spacial score (nSPS) is 10.5. The molecule has 2 aromatic rings. The van der Waals surface area contributed by atoms with Crippen LogP contribution >= 0.6 is 0 Å². The van der Waals surface area contributed by atoms with E-state index in [0.29, 0.717) is 0 Å². The molecule has 0 radical (unpaired) electrons. The van der Waals surface area contributed by atoms with Crippen LogP contribution in [0.25, 0.3) is 10.9 Å². The number of carboxylic acids is 1. The van der Waals surface area contributed by atoms with Gasteiger partial charge in [0.25, 0.3) is 0 Å². The van der Waals surface area contributed by atoms with Gasteiger partial charge in [-0.15, -0.1) is 0 Å². The summed E-state index contributed by atoms with van der Waals surface area (Å²) in [6.07, 6.45) is 1.70. The van der Waals surface area contributed by atoms with Gasteiger partial charge < -0.3 is 10.0 Å². The molecule has 2 rings (SSSR count). The van der Waals surface area contributed by atoms with Crippen molar-refractivity contribution < 1.29 is 9.90 Å². The maximum absolute atomic E-state index is 10.7. The van der Waals surface area contributed by atoms with Crippen molar-refractivity contribution in [3.05, 3.63) is 36.0 Å². The largest absolute Gasteiger partial charge is 0.480 e. The fraction of sp³-hybridized carbons (Fsp3) is 0.231. The summed E-state index contributed by atoms with van der Waals surface area (Å²) in [4.78, 5) is 16.7. The van der Waals surface area contributed by atoms with Gasteiger partial charge in [0.15, 0.2) is 0 Å². The minimum atomic E-state index is -0.842. The van der Waals surface area contributed by atoms with Crippen LogP contribution in [-0.2, 0) is 4.79 Å². The maximum Gasteiger partial charge on any atom is 0.323 e. The monoisotopic (exact) mass is 230 g/mol. The van der Waals surface area contributed by atoms with Gasteiger partial charge in [-0.25, -0.2) is 0 Å². The maximum atomic E-state index is 10.7. The van der Waals surface area contributed by atoms with E-state index in [0.717, 1.165) is 22.2 Å². The zero-order valence-electron chi connectivity index (χ0n) is 9.84. The second-order valence-corrected chi connectivity index (χ2v) is 4.10. The molecule has 0 saturated heterocycles. The molecule has 1 aromatic carbocycles. The van der Waals surface area contributed by atoms with Gasteiger partial charge in [-0.05, 0) is 25.1 Å². The minimum Gasteiger partial charge on any atom is -0.480 e. The lowest BCUT2D eigenvalue weighted by Crippen LogP contribution is -2.25. The van der Waals surface area contributed by atoms with Crippen molar-refractivity contribution in [1.82, 2.24) is 4.98 Å². The number of anilines is 1.